The van der Waals surface area contributed by atoms with E-state index in [1.165, 1.54) is 33.4 Å². The molecule has 0 aliphatic heterocycles. The van der Waals surface area contributed by atoms with Gasteiger partial charge in [0.25, 0.3) is 0 Å². The molecule has 0 bridgehead atoms. The van der Waals surface area contributed by atoms with Gasteiger partial charge in [0.2, 0.25) is 0 Å². The minimum atomic E-state index is -0.679. The number of halogens is 2. The van der Waals surface area contributed by atoms with E-state index in [9.17, 15) is 8.78 Å². The summed E-state index contributed by atoms with van der Waals surface area (Å²) in [6, 6.07) is 42.4. The molecule has 0 unspecified atom stereocenters. The van der Waals surface area contributed by atoms with E-state index in [1.54, 1.807) is 24.3 Å². The zero-order valence-electron chi connectivity index (χ0n) is 22.4. The molecule has 0 saturated carbocycles. The van der Waals surface area contributed by atoms with Gasteiger partial charge < -0.3 is 4.98 Å². The van der Waals surface area contributed by atoms with Crippen molar-refractivity contribution in [2.45, 2.75) is 18.3 Å². The fourth-order valence-corrected chi connectivity index (χ4v) is 6.23. The molecular weight excluding hydrogens is 703 g/mol. The number of rotatable bonds is 2. The maximum atomic E-state index is 13.2. The van der Waals surface area contributed by atoms with E-state index >= 15 is 0 Å². The van der Waals surface area contributed by atoms with Crippen molar-refractivity contribution in [3.8, 4) is 33.6 Å². The molecule has 5 heteroatoms. The Bertz CT molecular complexity index is 1830. The summed E-state index contributed by atoms with van der Waals surface area (Å²) in [4.78, 5) is 8.17. The monoisotopic (exact) mass is 727 g/mol. The van der Waals surface area contributed by atoms with Crippen LogP contribution in [-0.4, -0.2) is 9.97 Å². The molecule has 2 aromatic heterocycles. The first kappa shape index (κ1) is 27.8. The van der Waals surface area contributed by atoms with Crippen molar-refractivity contribution in [2.75, 3.05) is 0 Å². The minimum Gasteiger partial charge on any atom is -0.305 e. The van der Waals surface area contributed by atoms with Gasteiger partial charge in [0.1, 0.15) is 11.6 Å². The molecule has 0 saturated heterocycles. The normalized spacial score (nSPS) is 13.3. The smallest absolute Gasteiger partial charge is 0.142 e. The van der Waals surface area contributed by atoms with Crippen molar-refractivity contribution in [3.05, 3.63) is 168 Å². The Labute approximate surface area is 257 Å². The molecule has 1 spiro atoms. The van der Waals surface area contributed by atoms with Crippen molar-refractivity contribution in [2.24, 2.45) is 0 Å². The van der Waals surface area contributed by atoms with Gasteiger partial charge in [-0.3, -0.25) is 4.98 Å². The SMILES string of the molecule is Fc1cnc(-c2[c-]cccc2)c(F)c1.[Ir].[c-]1cc2c(cc1-c1ccccn1)CC1(C2)c2ccccc2-c2ccccc21. The number of hydrogen-bond acceptors (Lipinski definition) is 2. The van der Waals surface area contributed by atoms with Crippen molar-refractivity contribution in [3.63, 3.8) is 0 Å². The number of hydrogen-bond donors (Lipinski definition) is 0. The Hall–Kier alpha value is -4.31. The van der Waals surface area contributed by atoms with Crippen LogP contribution in [0.2, 0.25) is 0 Å². The molecule has 42 heavy (non-hydrogen) atoms. The third-order valence-corrected chi connectivity index (χ3v) is 8.01. The maximum Gasteiger partial charge on any atom is 0.142 e. The molecule has 1 radical (unpaired) electrons. The molecule has 8 rings (SSSR count). The number of pyridine rings is 2. The average molecular weight is 727 g/mol. The molecule has 4 aromatic carbocycles. The van der Waals surface area contributed by atoms with E-state index in [2.05, 4.69) is 88.8 Å². The number of fused-ring (bicyclic) bond motifs is 6. The molecule has 0 fully saturated rings. The molecule has 2 aliphatic rings. The molecule has 0 atom stereocenters. The van der Waals surface area contributed by atoms with Gasteiger partial charge in [-0.25, -0.2) is 8.78 Å². The molecule has 2 nitrogen and oxygen atoms in total. The largest absolute Gasteiger partial charge is 0.305 e. The quantitative estimate of drug-likeness (QED) is 0.168. The van der Waals surface area contributed by atoms with Crippen LogP contribution in [0.3, 0.4) is 0 Å². The van der Waals surface area contributed by atoms with E-state index in [4.69, 9.17) is 0 Å². The van der Waals surface area contributed by atoms with Crippen LogP contribution in [0.1, 0.15) is 22.3 Å². The molecule has 0 N–H and O–H groups in total. The molecular formula is C37H24F2IrN2-2. The summed E-state index contributed by atoms with van der Waals surface area (Å²) < 4.78 is 25.8. The van der Waals surface area contributed by atoms with Crippen molar-refractivity contribution in [1.29, 1.82) is 0 Å². The van der Waals surface area contributed by atoms with Crippen LogP contribution in [-0.2, 0) is 38.4 Å². The fraction of sp³-hybridized carbons (Fsp3) is 0.0811. The molecule has 6 aromatic rings. The van der Waals surface area contributed by atoms with Crippen molar-refractivity contribution in [1.82, 2.24) is 9.97 Å². The standard InChI is InChI=1S/C26H18N.C11H6F2N.Ir/c1-3-9-23-21(7-1)22-8-2-4-10-24(22)26(23)16-19-13-12-18(15-20(19)17-26)25-11-5-6-14-27-25;12-9-6-10(13)11(14-7-9)8-4-2-1-3-5-8;/h1-11,13-15H,16-17H2;1-4,6-7H;/q2*-1;. The molecule has 0 amide bonds. The second-order valence-electron chi connectivity index (χ2n) is 10.4. The molecule has 2 heterocycles. The number of benzene rings is 4. The Morgan fingerprint density at radius 3 is 2.02 bits per heavy atom. The second-order valence-corrected chi connectivity index (χ2v) is 10.4. The summed E-state index contributed by atoms with van der Waals surface area (Å²) in [5.74, 6) is -1.35. The first-order chi connectivity index (χ1) is 20.1. The van der Waals surface area contributed by atoms with E-state index in [0.29, 0.717) is 5.56 Å². The molecule has 207 valence electrons. The van der Waals surface area contributed by atoms with Gasteiger partial charge in [-0.05, 0) is 46.9 Å². The van der Waals surface area contributed by atoms with E-state index < -0.39 is 11.6 Å². The van der Waals surface area contributed by atoms with Crippen LogP contribution < -0.4 is 0 Å². The van der Waals surface area contributed by atoms with E-state index in [0.717, 1.165) is 36.4 Å². The summed E-state index contributed by atoms with van der Waals surface area (Å²) >= 11 is 0. The van der Waals surface area contributed by atoms with E-state index in [1.807, 2.05) is 18.3 Å². The van der Waals surface area contributed by atoms with Crippen LogP contribution >= 0.6 is 0 Å². The minimum absolute atomic E-state index is 0. The number of nitrogens with zero attached hydrogens (tertiary/aromatic N) is 2. The third kappa shape index (κ3) is 4.89. The summed E-state index contributed by atoms with van der Waals surface area (Å²) in [5.41, 5.74) is 11.4. The molecule has 2 aliphatic carbocycles. The van der Waals surface area contributed by atoms with Gasteiger partial charge in [0.05, 0.1) is 6.20 Å². The van der Waals surface area contributed by atoms with Gasteiger partial charge in [-0.2, -0.15) is 0 Å². The summed E-state index contributed by atoms with van der Waals surface area (Å²) in [6.45, 7) is 0. The first-order valence-electron chi connectivity index (χ1n) is 13.5. The van der Waals surface area contributed by atoms with Crippen LogP contribution in [0.25, 0.3) is 33.6 Å². The van der Waals surface area contributed by atoms with Crippen LogP contribution in [0.5, 0.6) is 0 Å². The zero-order chi connectivity index (χ0) is 27.8. The Kier molecular flexibility index (Phi) is 7.64. The maximum absolute atomic E-state index is 13.2. The predicted molar refractivity (Wildman–Crippen MR) is 157 cm³/mol. The second kappa shape index (κ2) is 11.5. The van der Waals surface area contributed by atoms with Crippen LogP contribution in [0, 0.1) is 23.8 Å². The topological polar surface area (TPSA) is 25.8 Å². The number of aromatic nitrogens is 2. The van der Waals surface area contributed by atoms with Crippen molar-refractivity contribution < 1.29 is 28.9 Å². The van der Waals surface area contributed by atoms with Crippen LogP contribution in [0.15, 0.2) is 122 Å². The predicted octanol–water partition coefficient (Wildman–Crippen LogP) is 8.44. The average Bonchev–Trinajstić information content (AvgIpc) is 3.54. The zero-order valence-corrected chi connectivity index (χ0v) is 24.8. The fourth-order valence-electron chi connectivity index (χ4n) is 6.23. The van der Waals surface area contributed by atoms with Gasteiger partial charge in [-0.15, -0.1) is 70.8 Å². The summed E-state index contributed by atoms with van der Waals surface area (Å²) in [5, 5.41) is 0. The van der Waals surface area contributed by atoms with Gasteiger partial charge in [0, 0.05) is 43.5 Å². The summed E-state index contributed by atoms with van der Waals surface area (Å²) in [6.07, 6.45) is 4.93. The Balaban J connectivity index is 0.000000179. The van der Waals surface area contributed by atoms with E-state index in [-0.39, 0.29) is 31.2 Å². The Morgan fingerprint density at radius 1 is 0.667 bits per heavy atom. The van der Waals surface area contributed by atoms with Gasteiger partial charge in [-0.1, -0.05) is 60.7 Å². The first-order valence-corrected chi connectivity index (χ1v) is 13.5. The van der Waals surface area contributed by atoms with Crippen molar-refractivity contribution >= 4 is 0 Å². The summed E-state index contributed by atoms with van der Waals surface area (Å²) in [7, 11) is 0. The third-order valence-electron chi connectivity index (χ3n) is 8.01. The van der Waals surface area contributed by atoms with Gasteiger partial charge in [0.15, 0.2) is 0 Å². The van der Waals surface area contributed by atoms with Crippen LogP contribution in [0.4, 0.5) is 8.78 Å². The van der Waals surface area contributed by atoms with Gasteiger partial charge >= 0.3 is 0 Å². The Morgan fingerprint density at radius 2 is 1.36 bits per heavy atom.